The van der Waals surface area contributed by atoms with E-state index >= 15 is 0 Å². The fraction of sp³-hybridized carbons (Fsp3) is 0.0638. The van der Waals surface area contributed by atoms with Crippen LogP contribution in [0, 0.1) is 0 Å². The van der Waals surface area contributed by atoms with Crippen LogP contribution in [-0.4, -0.2) is 0 Å². The molecule has 0 saturated heterocycles. The number of nitrogens with zero attached hydrogens (tertiary/aromatic N) is 2. The Morgan fingerprint density at radius 1 is 0.367 bits per heavy atom. The Labute approximate surface area is 288 Å². The molecule has 2 heteroatoms. The van der Waals surface area contributed by atoms with Crippen molar-refractivity contribution in [1.29, 1.82) is 0 Å². The third-order valence-corrected chi connectivity index (χ3v) is 10.2. The van der Waals surface area contributed by atoms with Gasteiger partial charge in [-0.2, -0.15) is 0 Å². The maximum absolute atomic E-state index is 2.46. The molecule has 0 amide bonds. The van der Waals surface area contributed by atoms with Crippen LogP contribution in [0.4, 0.5) is 34.1 Å². The van der Waals surface area contributed by atoms with Crippen molar-refractivity contribution < 1.29 is 0 Å². The summed E-state index contributed by atoms with van der Waals surface area (Å²) in [7, 11) is 0. The van der Waals surface area contributed by atoms with Gasteiger partial charge in [0.1, 0.15) is 0 Å². The van der Waals surface area contributed by atoms with Crippen molar-refractivity contribution in [2.24, 2.45) is 0 Å². The fourth-order valence-corrected chi connectivity index (χ4v) is 7.83. The molecular weight excluding hydrogens is 593 g/mol. The van der Waals surface area contributed by atoms with E-state index in [2.05, 4.69) is 206 Å². The minimum absolute atomic E-state index is 0.159. The molecule has 8 aromatic carbocycles. The smallest absolute Gasteiger partial charge is 0.0543 e. The molecule has 0 atom stereocenters. The van der Waals surface area contributed by atoms with E-state index in [1.165, 1.54) is 49.5 Å². The molecule has 2 nitrogen and oxygen atoms in total. The van der Waals surface area contributed by atoms with Crippen molar-refractivity contribution in [3.05, 3.63) is 193 Å². The van der Waals surface area contributed by atoms with E-state index in [1.54, 1.807) is 0 Å². The van der Waals surface area contributed by atoms with Crippen LogP contribution in [0.25, 0.3) is 32.7 Å². The van der Waals surface area contributed by atoms with Crippen LogP contribution in [0.1, 0.15) is 25.0 Å². The number of anilines is 6. The van der Waals surface area contributed by atoms with E-state index in [1.807, 2.05) is 0 Å². The Kier molecular flexibility index (Phi) is 6.84. The Bertz CT molecular complexity index is 2430. The molecule has 0 aromatic heterocycles. The standard InChI is InChI=1S/C47H36N2/c1-47(2)43-26-15-27-45(46(43)42-30-34-29-28-33-16-12-13-25-40(33)41(34)32-44(42)47)49(37-21-10-5-11-22-37)39-24-14-23-38(31-39)48(35-17-6-3-7-18-35)36-19-8-4-9-20-36/h3-32H,1-2H3. The van der Waals surface area contributed by atoms with Crippen LogP contribution in [0.5, 0.6) is 0 Å². The summed E-state index contributed by atoms with van der Waals surface area (Å²) in [5.41, 5.74) is 11.9. The minimum atomic E-state index is -0.159. The van der Waals surface area contributed by atoms with Gasteiger partial charge in [0.25, 0.3) is 0 Å². The second kappa shape index (κ2) is 11.5. The summed E-state index contributed by atoms with van der Waals surface area (Å²) < 4.78 is 0. The highest BCUT2D eigenvalue weighted by Crippen LogP contribution is 2.55. The van der Waals surface area contributed by atoms with E-state index in [-0.39, 0.29) is 5.41 Å². The van der Waals surface area contributed by atoms with Crippen molar-refractivity contribution in [2.75, 3.05) is 9.80 Å². The molecule has 0 saturated carbocycles. The van der Waals surface area contributed by atoms with Crippen LogP contribution < -0.4 is 9.80 Å². The Hall–Kier alpha value is -6.12. The van der Waals surface area contributed by atoms with Crippen LogP contribution >= 0.6 is 0 Å². The van der Waals surface area contributed by atoms with Gasteiger partial charge >= 0.3 is 0 Å². The van der Waals surface area contributed by atoms with Crippen LogP contribution in [0.15, 0.2) is 182 Å². The molecule has 234 valence electrons. The van der Waals surface area contributed by atoms with Crippen LogP contribution in [-0.2, 0) is 5.41 Å². The predicted molar refractivity (Wildman–Crippen MR) is 208 cm³/mol. The van der Waals surface area contributed by atoms with Gasteiger partial charge in [-0.1, -0.05) is 123 Å². The normalized spacial score (nSPS) is 12.9. The number of benzene rings is 8. The summed E-state index contributed by atoms with van der Waals surface area (Å²) in [4.78, 5) is 4.77. The Morgan fingerprint density at radius 2 is 0.898 bits per heavy atom. The van der Waals surface area contributed by atoms with Crippen molar-refractivity contribution >= 4 is 55.7 Å². The van der Waals surface area contributed by atoms with Gasteiger partial charge in [-0.3, -0.25) is 0 Å². The van der Waals surface area contributed by atoms with E-state index in [0.717, 1.165) is 28.4 Å². The first-order valence-electron chi connectivity index (χ1n) is 17.0. The molecule has 1 aliphatic carbocycles. The molecule has 8 aromatic rings. The molecule has 0 radical (unpaired) electrons. The van der Waals surface area contributed by atoms with Gasteiger partial charge in [0.2, 0.25) is 0 Å². The van der Waals surface area contributed by atoms with Crippen LogP contribution in [0.3, 0.4) is 0 Å². The first kappa shape index (κ1) is 29.1. The number of rotatable bonds is 6. The lowest BCUT2D eigenvalue weighted by Gasteiger charge is -2.31. The lowest BCUT2D eigenvalue weighted by atomic mass is 9.81. The summed E-state index contributed by atoms with van der Waals surface area (Å²) in [6.45, 7) is 4.76. The summed E-state index contributed by atoms with van der Waals surface area (Å²) >= 11 is 0. The number of hydrogen-bond donors (Lipinski definition) is 0. The average Bonchev–Trinajstić information content (AvgIpc) is 3.38. The maximum Gasteiger partial charge on any atom is 0.0543 e. The summed E-state index contributed by atoms with van der Waals surface area (Å²) in [5.74, 6) is 0. The topological polar surface area (TPSA) is 6.48 Å². The largest absolute Gasteiger partial charge is 0.310 e. The quantitative estimate of drug-likeness (QED) is 0.169. The lowest BCUT2D eigenvalue weighted by Crippen LogP contribution is -2.16. The highest BCUT2D eigenvalue weighted by Gasteiger charge is 2.38. The zero-order valence-electron chi connectivity index (χ0n) is 27.7. The summed E-state index contributed by atoms with van der Waals surface area (Å²) in [6, 6.07) is 66.0. The van der Waals surface area contributed by atoms with Gasteiger partial charge in [-0.15, -0.1) is 0 Å². The van der Waals surface area contributed by atoms with Crippen LogP contribution in [0.2, 0.25) is 0 Å². The van der Waals surface area contributed by atoms with E-state index in [4.69, 9.17) is 0 Å². The molecule has 49 heavy (non-hydrogen) atoms. The third-order valence-electron chi connectivity index (χ3n) is 10.2. The molecule has 9 rings (SSSR count). The molecule has 1 aliphatic rings. The average molecular weight is 629 g/mol. The van der Waals surface area contributed by atoms with Gasteiger partial charge in [0.05, 0.1) is 5.69 Å². The van der Waals surface area contributed by atoms with Gasteiger partial charge in [-0.05, 0) is 111 Å². The van der Waals surface area contributed by atoms with E-state index < -0.39 is 0 Å². The predicted octanol–water partition coefficient (Wildman–Crippen LogP) is 13.2. The number of fused-ring (bicyclic) bond motifs is 6. The summed E-state index contributed by atoms with van der Waals surface area (Å²) in [5, 5.41) is 5.16. The van der Waals surface area contributed by atoms with Gasteiger partial charge in [0.15, 0.2) is 0 Å². The zero-order chi connectivity index (χ0) is 33.0. The molecular formula is C47H36N2. The lowest BCUT2D eigenvalue weighted by molar-refractivity contribution is 0.661. The Morgan fingerprint density at radius 3 is 1.57 bits per heavy atom. The van der Waals surface area contributed by atoms with Gasteiger partial charge in [-0.25, -0.2) is 0 Å². The summed E-state index contributed by atoms with van der Waals surface area (Å²) in [6.07, 6.45) is 0. The molecule has 0 unspecified atom stereocenters. The molecule has 0 bridgehead atoms. The SMILES string of the molecule is CC1(C)c2cc3c(ccc4ccccc43)cc2-c2c(N(c3ccccc3)c3cccc(N(c4ccccc4)c4ccccc4)c3)cccc21. The van der Waals surface area contributed by atoms with Gasteiger partial charge < -0.3 is 9.80 Å². The molecule has 0 spiro atoms. The molecule has 0 fully saturated rings. The van der Waals surface area contributed by atoms with Gasteiger partial charge in [0, 0.05) is 39.4 Å². The highest BCUT2D eigenvalue weighted by atomic mass is 15.2. The number of hydrogen-bond acceptors (Lipinski definition) is 2. The second-order valence-corrected chi connectivity index (χ2v) is 13.4. The monoisotopic (exact) mass is 628 g/mol. The Balaban J connectivity index is 1.27. The minimum Gasteiger partial charge on any atom is -0.310 e. The first-order chi connectivity index (χ1) is 24.1. The third kappa shape index (κ3) is 4.79. The van der Waals surface area contributed by atoms with E-state index in [9.17, 15) is 0 Å². The zero-order valence-corrected chi connectivity index (χ0v) is 27.7. The first-order valence-corrected chi connectivity index (χ1v) is 17.0. The maximum atomic E-state index is 2.46. The fourth-order valence-electron chi connectivity index (χ4n) is 7.83. The van der Waals surface area contributed by atoms with Crippen molar-refractivity contribution in [1.82, 2.24) is 0 Å². The molecule has 0 aliphatic heterocycles. The highest BCUT2D eigenvalue weighted by molar-refractivity contribution is 6.10. The van der Waals surface area contributed by atoms with Crippen molar-refractivity contribution in [3.8, 4) is 11.1 Å². The molecule has 0 heterocycles. The number of para-hydroxylation sites is 3. The van der Waals surface area contributed by atoms with Crippen molar-refractivity contribution in [3.63, 3.8) is 0 Å². The van der Waals surface area contributed by atoms with E-state index in [0.29, 0.717) is 0 Å². The molecule has 0 N–H and O–H groups in total. The second-order valence-electron chi connectivity index (χ2n) is 13.4. The van der Waals surface area contributed by atoms with Crippen molar-refractivity contribution in [2.45, 2.75) is 19.3 Å².